The average Bonchev–Trinajstić information content (AvgIpc) is 2.01. The molecule has 0 fully saturated rings. The van der Waals surface area contributed by atoms with E-state index in [1.807, 2.05) is 6.92 Å². The molecule has 0 atom stereocenters. The first-order valence-electron chi connectivity index (χ1n) is 3.73. The Balaban J connectivity index is 3.05. The molecule has 0 amide bonds. The summed E-state index contributed by atoms with van der Waals surface area (Å²) in [5, 5.41) is 0.205. The van der Waals surface area contributed by atoms with Crippen LogP contribution in [0.4, 0.5) is 4.39 Å². The minimum atomic E-state index is -0.338. The van der Waals surface area contributed by atoms with Gasteiger partial charge >= 0.3 is 0 Å². The molecule has 66 valence electrons. The molecule has 0 heterocycles. The van der Waals surface area contributed by atoms with E-state index in [1.54, 1.807) is 17.8 Å². The molecular weight excluding hydrogens is 195 g/mol. The lowest BCUT2D eigenvalue weighted by Crippen LogP contribution is -1.84. The van der Waals surface area contributed by atoms with Gasteiger partial charge in [0.2, 0.25) is 0 Å². The molecule has 0 bridgehead atoms. The van der Waals surface area contributed by atoms with E-state index in [-0.39, 0.29) is 10.8 Å². The lowest BCUT2D eigenvalue weighted by molar-refractivity contribution is 0.625. The molecule has 0 radical (unpaired) electrons. The predicted molar refractivity (Wildman–Crippen MR) is 52.5 cm³/mol. The maximum Gasteiger partial charge on any atom is 0.142 e. The molecule has 0 aromatic heterocycles. The van der Waals surface area contributed by atoms with Crippen molar-refractivity contribution in [2.24, 2.45) is 0 Å². The number of halogens is 2. The highest BCUT2D eigenvalue weighted by Gasteiger charge is 2.04. The van der Waals surface area contributed by atoms with Gasteiger partial charge in [-0.3, -0.25) is 0 Å². The Kier molecular flexibility index (Phi) is 3.41. The van der Waals surface area contributed by atoms with E-state index in [4.69, 9.17) is 11.6 Å². The normalized spacial score (nSPS) is 10.3. The van der Waals surface area contributed by atoms with Gasteiger partial charge < -0.3 is 0 Å². The largest absolute Gasteiger partial charge is 0.205 e. The maximum absolute atomic E-state index is 12.9. The number of thioether (sulfide) groups is 1. The van der Waals surface area contributed by atoms with Gasteiger partial charge in [-0.1, -0.05) is 18.5 Å². The molecule has 1 aromatic rings. The van der Waals surface area contributed by atoms with Crippen LogP contribution in [-0.4, -0.2) is 5.75 Å². The maximum atomic E-state index is 12.9. The van der Waals surface area contributed by atoms with Gasteiger partial charge in [0, 0.05) is 4.90 Å². The van der Waals surface area contributed by atoms with Crippen molar-refractivity contribution in [1.82, 2.24) is 0 Å². The Morgan fingerprint density at radius 2 is 2.17 bits per heavy atom. The highest BCUT2D eigenvalue weighted by Crippen LogP contribution is 2.27. The van der Waals surface area contributed by atoms with Gasteiger partial charge in [0.1, 0.15) is 5.82 Å². The summed E-state index contributed by atoms with van der Waals surface area (Å²) in [5.41, 5.74) is 0.948. The molecule has 0 N–H and O–H groups in total. The van der Waals surface area contributed by atoms with Crippen LogP contribution in [0, 0.1) is 12.7 Å². The lowest BCUT2D eigenvalue weighted by atomic mass is 10.2. The summed E-state index contributed by atoms with van der Waals surface area (Å²) in [5.74, 6) is 0.637. The van der Waals surface area contributed by atoms with Crippen molar-refractivity contribution in [3.8, 4) is 0 Å². The second kappa shape index (κ2) is 4.15. The Morgan fingerprint density at radius 3 is 2.75 bits per heavy atom. The van der Waals surface area contributed by atoms with Crippen molar-refractivity contribution in [2.45, 2.75) is 18.7 Å². The van der Waals surface area contributed by atoms with Crippen LogP contribution in [0.25, 0.3) is 0 Å². The number of benzene rings is 1. The zero-order valence-electron chi connectivity index (χ0n) is 7.03. The predicted octanol–water partition coefficient (Wildman–Crippen LogP) is 3.90. The second-order valence-electron chi connectivity index (χ2n) is 2.46. The molecule has 1 aromatic carbocycles. The summed E-state index contributed by atoms with van der Waals surface area (Å²) in [4.78, 5) is 1.06. The molecule has 0 saturated carbocycles. The van der Waals surface area contributed by atoms with Crippen LogP contribution < -0.4 is 0 Å². The van der Waals surface area contributed by atoms with Crippen molar-refractivity contribution >= 4 is 23.4 Å². The molecule has 0 aliphatic rings. The molecule has 0 saturated heterocycles. The minimum Gasteiger partial charge on any atom is -0.205 e. The van der Waals surface area contributed by atoms with Crippen LogP contribution in [0.2, 0.25) is 5.02 Å². The van der Waals surface area contributed by atoms with E-state index in [1.165, 1.54) is 6.07 Å². The lowest BCUT2D eigenvalue weighted by Gasteiger charge is -2.04. The minimum absolute atomic E-state index is 0.205. The Bertz CT molecular complexity index is 286. The van der Waals surface area contributed by atoms with Crippen LogP contribution in [-0.2, 0) is 0 Å². The molecule has 0 aliphatic carbocycles. The van der Waals surface area contributed by atoms with Crippen LogP contribution in [0.1, 0.15) is 12.5 Å². The SMILES string of the molecule is CCSc1cc(Cl)c(F)cc1C. The van der Waals surface area contributed by atoms with Crippen molar-refractivity contribution in [3.05, 3.63) is 28.5 Å². The zero-order valence-corrected chi connectivity index (χ0v) is 8.60. The molecule has 0 nitrogen and oxygen atoms in total. The monoisotopic (exact) mass is 204 g/mol. The van der Waals surface area contributed by atoms with Gasteiger partial charge in [0.25, 0.3) is 0 Å². The van der Waals surface area contributed by atoms with Crippen LogP contribution in [0.15, 0.2) is 17.0 Å². The quantitative estimate of drug-likeness (QED) is 0.659. The van der Waals surface area contributed by atoms with Crippen molar-refractivity contribution in [1.29, 1.82) is 0 Å². The zero-order chi connectivity index (χ0) is 9.14. The van der Waals surface area contributed by atoms with Crippen LogP contribution in [0.3, 0.4) is 0 Å². The molecule has 0 spiro atoms. The van der Waals surface area contributed by atoms with E-state index in [9.17, 15) is 4.39 Å². The number of rotatable bonds is 2. The van der Waals surface area contributed by atoms with Crippen molar-refractivity contribution in [2.75, 3.05) is 5.75 Å². The third kappa shape index (κ3) is 2.14. The Morgan fingerprint density at radius 1 is 1.50 bits per heavy atom. The van der Waals surface area contributed by atoms with Gasteiger partial charge in [-0.25, -0.2) is 4.39 Å². The summed E-state index contributed by atoms with van der Waals surface area (Å²) < 4.78 is 12.9. The highest BCUT2D eigenvalue weighted by molar-refractivity contribution is 7.99. The van der Waals surface area contributed by atoms with Gasteiger partial charge in [0.05, 0.1) is 5.02 Å². The fraction of sp³-hybridized carbons (Fsp3) is 0.333. The summed E-state index contributed by atoms with van der Waals surface area (Å²) in [7, 11) is 0. The van der Waals surface area contributed by atoms with Gasteiger partial charge in [-0.05, 0) is 30.4 Å². The number of hydrogen-bond acceptors (Lipinski definition) is 1. The summed E-state index contributed by atoms with van der Waals surface area (Å²) >= 11 is 7.31. The highest BCUT2D eigenvalue weighted by atomic mass is 35.5. The van der Waals surface area contributed by atoms with E-state index in [2.05, 4.69) is 6.92 Å². The third-order valence-corrected chi connectivity index (χ3v) is 2.85. The third-order valence-electron chi connectivity index (χ3n) is 1.52. The summed E-state index contributed by atoms with van der Waals surface area (Å²) in [6.07, 6.45) is 0. The first-order valence-corrected chi connectivity index (χ1v) is 5.10. The van der Waals surface area contributed by atoms with E-state index < -0.39 is 0 Å². The summed E-state index contributed by atoms with van der Waals surface area (Å²) in [6.45, 7) is 3.94. The fourth-order valence-electron chi connectivity index (χ4n) is 0.939. The van der Waals surface area contributed by atoms with Crippen LogP contribution in [0.5, 0.6) is 0 Å². The molecular formula is C9H10ClFS. The van der Waals surface area contributed by atoms with E-state index in [0.29, 0.717) is 0 Å². The van der Waals surface area contributed by atoms with Crippen LogP contribution >= 0.6 is 23.4 Å². The molecule has 0 aliphatic heterocycles. The topological polar surface area (TPSA) is 0 Å². The van der Waals surface area contributed by atoms with E-state index >= 15 is 0 Å². The standard InChI is InChI=1S/C9H10ClFS/c1-3-12-9-5-7(10)8(11)4-6(9)2/h4-5H,3H2,1-2H3. The first-order chi connectivity index (χ1) is 5.65. The second-order valence-corrected chi connectivity index (χ2v) is 4.18. The fourth-order valence-corrected chi connectivity index (χ4v) is 1.97. The average molecular weight is 205 g/mol. The summed E-state index contributed by atoms with van der Waals surface area (Å²) in [6, 6.07) is 3.15. The number of aryl methyl sites for hydroxylation is 1. The Labute approximate surface area is 81.1 Å². The van der Waals surface area contributed by atoms with E-state index in [0.717, 1.165) is 16.2 Å². The molecule has 0 unspecified atom stereocenters. The van der Waals surface area contributed by atoms with Gasteiger partial charge in [0.15, 0.2) is 0 Å². The first kappa shape index (κ1) is 9.87. The molecule has 12 heavy (non-hydrogen) atoms. The van der Waals surface area contributed by atoms with Crippen molar-refractivity contribution < 1.29 is 4.39 Å². The Hall–Kier alpha value is -0.210. The molecule has 1 rings (SSSR count). The van der Waals surface area contributed by atoms with Gasteiger partial charge in [-0.2, -0.15) is 0 Å². The molecule has 3 heteroatoms. The number of hydrogen-bond donors (Lipinski definition) is 0. The smallest absolute Gasteiger partial charge is 0.142 e. The van der Waals surface area contributed by atoms with Gasteiger partial charge in [-0.15, -0.1) is 11.8 Å². The van der Waals surface area contributed by atoms with Crippen molar-refractivity contribution in [3.63, 3.8) is 0 Å².